The molecule has 0 amide bonds. The standard InChI is InChI=1S/C22H20N2O5S2/c1-12-7-14(3)17(8-13(12)2)19(25)10-29-21(26)18-9-16(24(27)28)5-6-20(18)31-22-23-15(4)11-30-22/h5-9,11H,10H2,1-4H3. The van der Waals surface area contributed by atoms with Crippen LogP contribution in [0.1, 0.15) is 43.1 Å². The topological polar surface area (TPSA) is 99.4 Å². The fourth-order valence-electron chi connectivity index (χ4n) is 2.90. The molecule has 160 valence electrons. The largest absolute Gasteiger partial charge is 0.454 e. The van der Waals surface area contributed by atoms with Crippen molar-refractivity contribution in [3.63, 3.8) is 0 Å². The van der Waals surface area contributed by atoms with Crippen LogP contribution in [-0.2, 0) is 4.74 Å². The van der Waals surface area contributed by atoms with Crippen molar-refractivity contribution >= 4 is 40.5 Å². The van der Waals surface area contributed by atoms with E-state index in [0.29, 0.717) is 14.8 Å². The fraction of sp³-hybridized carbons (Fsp3) is 0.227. The molecule has 0 aliphatic rings. The summed E-state index contributed by atoms with van der Waals surface area (Å²) in [4.78, 5) is 40.8. The lowest BCUT2D eigenvalue weighted by Gasteiger charge is -2.11. The smallest absolute Gasteiger partial charge is 0.339 e. The Morgan fingerprint density at radius 2 is 1.77 bits per heavy atom. The number of nitro benzene ring substituents is 1. The molecule has 7 nitrogen and oxygen atoms in total. The third-order valence-electron chi connectivity index (χ3n) is 4.66. The second-order valence-electron chi connectivity index (χ2n) is 7.05. The first-order valence-corrected chi connectivity index (χ1v) is 11.0. The Bertz CT molecular complexity index is 1190. The zero-order chi connectivity index (χ0) is 22.7. The van der Waals surface area contributed by atoms with E-state index >= 15 is 0 Å². The predicted octanol–water partition coefficient (Wildman–Crippen LogP) is 5.48. The maximum atomic E-state index is 12.8. The SMILES string of the molecule is Cc1csc(Sc2ccc([N+](=O)[O-])cc2C(=O)OCC(=O)c2cc(C)c(C)cc2C)n1. The lowest BCUT2D eigenvalue weighted by molar-refractivity contribution is -0.384. The number of benzene rings is 2. The number of aromatic nitrogens is 1. The highest BCUT2D eigenvalue weighted by molar-refractivity contribution is 8.01. The van der Waals surface area contributed by atoms with Crippen LogP contribution >= 0.6 is 23.1 Å². The van der Waals surface area contributed by atoms with Crippen LogP contribution in [0.25, 0.3) is 0 Å². The number of esters is 1. The van der Waals surface area contributed by atoms with Gasteiger partial charge in [0.05, 0.1) is 10.5 Å². The Morgan fingerprint density at radius 3 is 2.42 bits per heavy atom. The number of ether oxygens (including phenoxy) is 1. The summed E-state index contributed by atoms with van der Waals surface area (Å²) >= 11 is 2.63. The van der Waals surface area contributed by atoms with Gasteiger partial charge in [0.2, 0.25) is 5.78 Å². The Morgan fingerprint density at radius 1 is 1.06 bits per heavy atom. The molecule has 0 saturated carbocycles. The van der Waals surface area contributed by atoms with Crippen molar-refractivity contribution in [1.82, 2.24) is 4.98 Å². The van der Waals surface area contributed by atoms with Crippen molar-refractivity contribution < 1.29 is 19.2 Å². The molecule has 0 radical (unpaired) electrons. The minimum atomic E-state index is -0.797. The first-order chi connectivity index (χ1) is 14.7. The molecule has 9 heteroatoms. The Kier molecular flexibility index (Phi) is 6.87. The van der Waals surface area contributed by atoms with E-state index in [1.807, 2.05) is 39.1 Å². The van der Waals surface area contributed by atoms with Gasteiger partial charge in [-0.15, -0.1) is 11.3 Å². The zero-order valence-electron chi connectivity index (χ0n) is 17.4. The number of aryl methyl sites for hydroxylation is 4. The molecule has 0 atom stereocenters. The summed E-state index contributed by atoms with van der Waals surface area (Å²) in [6.07, 6.45) is 0. The molecule has 3 aromatic rings. The highest BCUT2D eigenvalue weighted by Gasteiger charge is 2.21. The van der Waals surface area contributed by atoms with Crippen molar-refractivity contribution in [3.8, 4) is 0 Å². The second kappa shape index (κ2) is 9.40. The van der Waals surface area contributed by atoms with Gasteiger partial charge in [-0.1, -0.05) is 17.8 Å². The highest BCUT2D eigenvalue weighted by Crippen LogP contribution is 2.34. The first-order valence-electron chi connectivity index (χ1n) is 9.32. The summed E-state index contributed by atoms with van der Waals surface area (Å²) in [6.45, 7) is 7.09. The normalized spacial score (nSPS) is 10.7. The van der Waals surface area contributed by atoms with Gasteiger partial charge in [-0.3, -0.25) is 14.9 Å². The molecule has 0 aliphatic heterocycles. The molecule has 0 spiro atoms. The van der Waals surface area contributed by atoms with E-state index in [4.69, 9.17) is 4.74 Å². The second-order valence-corrected chi connectivity index (χ2v) is 9.19. The lowest BCUT2D eigenvalue weighted by Crippen LogP contribution is -2.16. The van der Waals surface area contributed by atoms with Gasteiger partial charge < -0.3 is 4.74 Å². The third-order valence-corrected chi connectivity index (χ3v) is 6.80. The van der Waals surface area contributed by atoms with Crippen LogP contribution in [0.5, 0.6) is 0 Å². The summed E-state index contributed by atoms with van der Waals surface area (Å²) in [5.41, 5.74) is 3.96. The van der Waals surface area contributed by atoms with Gasteiger partial charge in [-0.05, 0) is 56.5 Å². The summed E-state index contributed by atoms with van der Waals surface area (Å²) < 4.78 is 5.94. The molecule has 0 saturated heterocycles. The number of Topliss-reactive ketones (excluding diaryl/α,β-unsaturated/α-hetero) is 1. The number of non-ortho nitro benzene ring substituents is 1. The van der Waals surface area contributed by atoms with Gasteiger partial charge >= 0.3 is 5.97 Å². The lowest BCUT2D eigenvalue weighted by atomic mass is 9.98. The number of ketones is 1. The molecular formula is C22H20N2O5S2. The van der Waals surface area contributed by atoms with Gasteiger partial charge in [-0.2, -0.15) is 0 Å². The number of carbonyl (C=O) groups excluding carboxylic acids is 2. The number of hydrogen-bond donors (Lipinski definition) is 0. The average Bonchev–Trinajstić information content (AvgIpc) is 3.13. The predicted molar refractivity (Wildman–Crippen MR) is 119 cm³/mol. The molecule has 0 N–H and O–H groups in total. The summed E-state index contributed by atoms with van der Waals surface area (Å²) in [7, 11) is 0. The molecule has 0 unspecified atom stereocenters. The highest BCUT2D eigenvalue weighted by atomic mass is 32.2. The van der Waals surface area contributed by atoms with Gasteiger partial charge in [0.15, 0.2) is 10.9 Å². The molecule has 0 fully saturated rings. The number of carbonyl (C=O) groups is 2. The molecule has 2 aromatic carbocycles. The van der Waals surface area contributed by atoms with Crippen LogP contribution < -0.4 is 0 Å². The van der Waals surface area contributed by atoms with Crippen LogP contribution in [0, 0.1) is 37.8 Å². The average molecular weight is 457 g/mol. The van der Waals surface area contributed by atoms with E-state index in [-0.39, 0.29) is 17.0 Å². The fourth-order valence-corrected chi connectivity index (χ4v) is 4.79. The number of thiazole rings is 1. The quantitative estimate of drug-likeness (QED) is 0.201. The molecule has 1 heterocycles. The van der Waals surface area contributed by atoms with Crippen molar-refractivity contribution in [2.75, 3.05) is 6.61 Å². The van der Waals surface area contributed by atoms with Gasteiger partial charge in [0, 0.05) is 33.7 Å². The Balaban J connectivity index is 1.82. The molecule has 0 bridgehead atoms. The Hall–Kier alpha value is -3.04. The van der Waals surface area contributed by atoms with E-state index in [9.17, 15) is 19.7 Å². The summed E-state index contributed by atoms with van der Waals surface area (Å²) in [5, 5.41) is 13.1. The van der Waals surface area contributed by atoms with Crippen LogP contribution in [0.3, 0.4) is 0 Å². The van der Waals surface area contributed by atoms with Crippen LogP contribution in [-0.4, -0.2) is 28.3 Å². The number of hydrogen-bond acceptors (Lipinski definition) is 8. The third kappa shape index (κ3) is 5.36. The maximum absolute atomic E-state index is 12.8. The number of rotatable bonds is 7. The van der Waals surface area contributed by atoms with Crippen molar-refractivity contribution in [3.05, 3.63) is 79.3 Å². The number of nitro groups is 1. The summed E-state index contributed by atoms with van der Waals surface area (Å²) in [5.74, 6) is -1.13. The van der Waals surface area contributed by atoms with Gasteiger partial charge in [0.25, 0.3) is 5.69 Å². The van der Waals surface area contributed by atoms with Crippen LogP contribution in [0.4, 0.5) is 5.69 Å². The minimum Gasteiger partial charge on any atom is -0.454 e. The molecule has 1 aromatic heterocycles. The van der Waals surface area contributed by atoms with Crippen molar-refractivity contribution in [2.24, 2.45) is 0 Å². The van der Waals surface area contributed by atoms with E-state index in [1.54, 1.807) is 6.07 Å². The van der Waals surface area contributed by atoms with Gasteiger partial charge in [-0.25, -0.2) is 9.78 Å². The van der Waals surface area contributed by atoms with Crippen molar-refractivity contribution in [2.45, 2.75) is 36.9 Å². The van der Waals surface area contributed by atoms with E-state index < -0.39 is 17.5 Å². The monoisotopic (exact) mass is 456 g/mol. The molecule has 0 aliphatic carbocycles. The minimum absolute atomic E-state index is 0.0247. The van der Waals surface area contributed by atoms with Crippen LogP contribution in [0.15, 0.2) is 44.9 Å². The summed E-state index contributed by atoms with van der Waals surface area (Å²) in [6, 6.07) is 7.67. The molecule has 3 rings (SSSR count). The van der Waals surface area contributed by atoms with E-state index in [1.165, 1.54) is 35.2 Å². The molecular weight excluding hydrogens is 436 g/mol. The van der Waals surface area contributed by atoms with Crippen molar-refractivity contribution in [1.29, 1.82) is 0 Å². The zero-order valence-corrected chi connectivity index (χ0v) is 19.1. The van der Waals surface area contributed by atoms with Gasteiger partial charge in [0.1, 0.15) is 0 Å². The molecule has 31 heavy (non-hydrogen) atoms. The van der Waals surface area contributed by atoms with E-state index in [2.05, 4.69) is 4.98 Å². The van der Waals surface area contributed by atoms with Crippen LogP contribution in [0.2, 0.25) is 0 Å². The maximum Gasteiger partial charge on any atom is 0.339 e. The first kappa shape index (κ1) is 22.6. The Labute approximate surface area is 187 Å². The van der Waals surface area contributed by atoms with E-state index in [0.717, 1.165) is 28.5 Å². The number of nitrogens with zero attached hydrogens (tertiary/aromatic N) is 2.